The third kappa shape index (κ3) is 4.08. The molecule has 2 aromatic heterocycles. The van der Waals surface area contributed by atoms with Crippen molar-refractivity contribution >= 4 is 0 Å². The molecule has 0 atom stereocenters. The van der Waals surface area contributed by atoms with Gasteiger partial charge in [0, 0.05) is 6.07 Å². The lowest BCUT2D eigenvalue weighted by molar-refractivity contribution is -0.687. The Labute approximate surface area is 176 Å². The lowest BCUT2D eigenvalue weighted by atomic mass is 10.2. The van der Waals surface area contributed by atoms with Crippen molar-refractivity contribution in [3.63, 3.8) is 0 Å². The van der Waals surface area contributed by atoms with Gasteiger partial charge < -0.3 is 0 Å². The average Bonchev–Trinajstić information content (AvgIpc) is 3.45. The second-order valence-corrected chi connectivity index (χ2v) is 7.48. The lowest BCUT2D eigenvalue weighted by Crippen LogP contribution is -2.31. The Balaban J connectivity index is 1.35. The third-order valence-corrected chi connectivity index (χ3v) is 5.22. The molecular formula is C26H24N4+2. The maximum absolute atomic E-state index is 2.21. The van der Waals surface area contributed by atoms with Crippen molar-refractivity contribution in [2.45, 2.75) is 13.1 Å². The van der Waals surface area contributed by atoms with Crippen molar-refractivity contribution in [1.82, 2.24) is 9.13 Å². The molecule has 0 bridgehead atoms. The van der Waals surface area contributed by atoms with E-state index < -0.39 is 0 Å². The van der Waals surface area contributed by atoms with E-state index in [2.05, 4.69) is 141 Å². The standard InChI is InChI=1S/C26H24N4/c1-3-8-23(9-4-1)19-27-14-16-29(21-27)25-12-7-13-26(18-25)30-17-15-28(22-30)20-24-10-5-2-6-11-24/h1-18,21-22H,19-20H2/q+2. The molecule has 5 rings (SSSR count). The predicted molar refractivity (Wildman–Crippen MR) is 117 cm³/mol. The second kappa shape index (κ2) is 8.21. The number of benzene rings is 3. The third-order valence-electron chi connectivity index (χ3n) is 5.22. The van der Waals surface area contributed by atoms with Gasteiger partial charge in [-0.3, -0.25) is 0 Å². The van der Waals surface area contributed by atoms with Crippen LogP contribution in [0.15, 0.2) is 122 Å². The second-order valence-electron chi connectivity index (χ2n) is 7.48. The van der Waals surface area contributed by atoms with E-state index >= 15 is 0 Å². The summed E-state index contributed by atoms with van der Waals surface area (Å²) >= 11 is 0. The summed E-state index contributed by atoms with van der Waals surface area (Å²) < 4.78 is 8.72. The van der Waals surface area contributed by atoms with Crippen molar-refractivity contribution in [2.24, 2.45) is 0 Å². The minimum Gasteiger partial charge on any atom is -0.232 e. The molecule has 0 fully saturated rings. The van der Waals surface area contributed by atoms with E-state index in [0.717, 1.165) is 24.5 Å². The van der Waals surface area contributed by atoms with Gasteiger partial charge in [-0.2, -0.15) is 0 Å². The van der Waals surface area contributed by atoms with E-state index in [1.807, 2.05) is 0 Å². The molecule has 0 radical (unpaired) electrons. The van der Waals surface area contributed by atoms with Crippen LogP contribution in [0, 0.1) is 0 Å². The van der Waals surface area contributed by atoms with Crippen LogP contribution in [-0.2, 0) is 13.1 Å². The van der Waals surface area contributed by atoms with Crippen molar-refractivity contribution < 1.29 is 9.13 Å². The summed E-state index contributed by atoms with van der Waals surface area (Å²) in [6.45, 7) is 1.73. The van der Waals surface area contributed by atoms with Crippen LogP contribution < -0.4 is 9.13 Å². The van der Waals surface area contributed by atoms with Gasteiger partial charge in [-0.25, -0.2) is 18.3 Å². The Hall–Kier alpha value is -3.92. The van der Waals surface area contributed by atoms with Gasteiger partial charge in [-0.05, 0) is 23.3 Å². The van der Waals surface area contributed by atoms with Gasteiger partial charge in [0.1, 0.15) is 49.3 Å². The molecule has 0 unspecified atom stereocenters. The van der Waals surface area contributed by atoms with Crippen LogP contribution in [0.3, 0.4) is 0 Å². The number of hydrogen-bond acceptors (Lipinski definition) is 0. The van der Waals surface area contributed by atoms with Crippen LogP contribution in [0.4, 0.5) is 0 Å². The summed E-state index contributed by atoms with van der Waals surface area (Å²) in [5.41, 5.74) is 4.87. The van der Waals surface area contributed by atoms with E-state index in [9.17, 15) is 0 Å². The maximum Gasteiger partial charge on any atom is 0.249 e. The molecule has 0 spiro atoms. The summed E-state index contributed by atoms with van der Waals surface area (Å²) in [5.74, 6) is 0. The Morgan fingerprint density at radius 2 is 1.00 bits per heavy atom. The minimum absolute atomic E-state index is 0.866. The quantitative estimate of drug-likeness (QED) is 0.390. The average molecular weight is 393 g/mol. The Bertz CT molecular complexity index is 1140. The summed E-state index contributed by atoms with van der Waals surface area (Å²) in [6.07, 6.45) is 12.7. The zero-order valence-electron chi connectivity index (χ0n) is 16.8. The Kier molecular flexibility index (Phi) is 4.96. The smallest absolute Gasteiger partial charge is 0.232 e. The van der Waals surface area contributed by atoms with Gasteiger partial charge in [0.25, 0.3) is 0 Å². The van der Waals surface area contributed by atoms with E-state index in [-0.39, 0.29) is 0 Å². The zero-order chi connectivity index (χ0) is 20.2. The maximum atomic E-state index is 2.21. The molecule has 2 heterocycles. The Morgan fingerprint density at radius 1 is 0.533 bits per heavy atom. The SMILES string of the molecule is c1ccc(C[n+]2ccn(-c3cccc(-n4cc[n+](Cc5ccccc5)c4)c3)c2)cc1. The van der Waals surface area contributed by atoms with Crippen molar-refractivity contribution in [2.75, 3.05) is 0 Å². The number of hydrogen-bond donors (Lipinski definition) is 0. The van der Waals surface area contributed by atoms with Gasteiger partial charge in [-0.1, -0.05) is 66.7 Å². The molecule has 0 amide bonds. The highest BCUT2D eigenvalue weighted by molar-refractivity contribution is 5.43. The van der Waals surface area contributed by atoms with Crippen LogP contribution in [-0.4, -0.2) is 9.13 Å². The lowest BCUT2D eigenvalue weighted by Gasteiger charge is -2.00. The largest absolute Gasteiger partial charge is 0.249 e. The number of rotatable bonds is 6. The predicted octanol–water partition coefficient (Wildman–Crippen LogP) is 3.94. The highest BCUT2D eigenvalue weighted by Gasteiger charge is 2.12. The first-order chi connectivity index (χ1) is 14.8. The summed E-state index contributed by atoms with van der Waals surface area (Å²) in [5, 5.41) is 0. The van der Waals surface area contributed by atoms with Gasteiger partial charge >= 0.3 is 0 Å². The van der Waals surface area contributed by atoms with Gasteiger partial charge in [0.15, 0.2) is 0 Å². The molecule has 4 heteroatoms. The van der Waals surface area contributed by atoms with Crippen LogP contribution in [0.2, 0.25) is 0 Å². The van der Waals surface area contributed by atoms with Crippen molar-refractivity contribution in [3.05, 3.63) is 133 Å². The monoisotopic (exact) mass is 392 g/mol. The van der Waals surface area contributed by atoms with E-state index in [4.69, 9.17) is 0 Å². The highest BCUT2D eigenvalue weighted by atomic mass is 15.1. The fourth-order valence-corrected chi connectivity index (χ4v) is 3.68. The van der Waals surface area contributed by atoms with Crippen LogP contribution in [0.5, 0.6) is 0 Å². The van der Waals surface area contributed by atoms with Crippen molar-refractivity contribution in [3.8, 4) is 11.4 Å². The van der Waals surface area contributed by atoms with Gasteiger partial charge in [0.05, 0.1) is 0 Å². The number of imidazole rings is 2. The fraction of sp³-hybridized carbons (Fsp3) is 0.0769. The van der Waals surface area contributed by atoms with Crippen LogP contribution in [0.25, 0.3) is 11.4 Å². The van der Waals surface area contributed by atoms with E-state index in [0.29, 0.717) is 0 Å². The minimum atomic E-state index is 0.866. The normalized spacial score (nSPS) is 10.9. The zero-order valence-corrected chi connectivity index (χ0v) is 16.8. The van der Waals surface area contributed by atoms with Crippen molar-refractivity contribution in [1.29, 1.82) is 0 Å². The molecule has 146 valence electrons. The number of nitrogens with zero attached hydrogens (tertiary/aromatic N) is 4. The fourth-order valence-electron chi connectivity index (χ4n) is 3.68. The molecular weight excluding hydrogens is 368 g/mol. The van der Waals surface area contributed by atoms with E-state index in [1.165, 1.54) is 11.1 Å². The van der Waals surface area contributed by atoms with Gasteiger partial charge in [-0.15, -0.1) is 0 Å². The van der Waals surface area contributed by atoms with Crippen LogP contribution in [0.1, 0.15) is 11.1 Å². The molecule has 4 nitrogen and oxygen atoms in total. The summed E-state index contributed by atoms with van der Waals surface area (Å²) in [6, 6.07) is 29.6. The summed E-state index contributed by atoms with van der Waals surface area (Å²) in [4.78, 5) is 0. The molecule has 0 aliphatic carbocycles. The molecule has 30 heavy (non-hydrogen) atoms. The molecule has 3 aromatic carbocycles. The van der Waals surface area contributed by atoms with Gasteiger partial charge in [0.2, 0.25) is 12.7 Å². The summed E-state index contributed by atoms with van der Waals surface area (Å²) in [7, 11) is 0. The first-order valence-corrected chi connectivity index (χ1v) is 10.2. The molecule has 0 aliphatic rings. The molecule has 0 saturated heterocycles. The Morgan fingerprint density at radius 3 is 1.47 bits per heavy atom. The highest BCUT2D eigenvalue weighted by Crippen LogP contribution is 2.13. The van der Waals surface area contributed by atoms with Crippen LogP contribution >= 0.6 is 0 Å². The number of aromatic nitrogens is 4. The first kappa shape index (κ1) is 18.1. The van der Waals surface area contributed by atoms with E-state index in [1.54, 1.807) is 0 Å². The first-order valence-electron chi connectivity index (χ1n) is 10.2. The molecule has 0 saturated carbocycles. The molecule has 5 aromatic rings. The molecule has 0 aliphatic heterocycles. The molecule has 0 N–H and O–H groups in total. The topological polar surface area (TPSA) is 17.6 Å².